The molecule has 1 aromatic heterocycles. The van der Waals surface area contributed by atoms with Crippen LogP contribution in [0.4, 0.5) is 18.9 Å². The van der Waals surface area contributed by atoms with Gasteiger partial charge in [-0.1, -0.05) is 36.4 Å². The van der Waals surface area contributed by atoms with Crippen molar-refractivity contribution < 1.29 is 27.5 Å². The second-order valence-corrected chi connectivity index (χ2v) is 8.69. The molecule has 0 radical (unpaired) electrons. The van der Waals surface area contributed by atoms with Crippen LogP contribution in [0.15, 0.2) is 54.7 Å². The zero-order chi connectivity index (χ0) is 25.9. The van der Waals surface area contributed by atoms with E-state index >= 15 is 0 Å². The number of carbonyl (C=O) groups excluding carboxylic acids is 2. The summed E-state index contributed by atoms with van der Waals surface area (Å²) in [4.78, 5) is 32.1. The van der Waals surface area contributed by atoms with Crippen LogP contribution in [0.25, 0.3) is 10.9 Å². The summed E-state index contributed by atoms with van der Waals surface area (Å²) >= 11 is 0. The molecule has 3 aromatic rings. The zero-order valence-electron chi connectivity index (χ0n) is 19.9. The highest BCUT2D eigenvalue weighted by Crippen LogP contribution is 2.34. The highest BCUT2D eigenvalue weighted by molar-refractivity contribution is 6.01. The standard InChI is InChI=1S/C26H27F3N4O3/c1-16(30-2)24(34)32-21-12-11-17-7-3-6-10-22(17)33(25(21)35)14-19-18-8-4-5-9-20(18)31-13-23(19)36-15-26(27,28)29/h3-10,13,16,21,30H,11-12,14-15H2,1-2H3,(H,32,34). The Morgan fingerprint density at radius 3 is 2.67 bits per heavy atom. The second kappa shape index (κ2) is 10.5. The summed E-state index contributed by atoms with van der Waals surface area (Å²) in [5.74, 6) is -0.713. The first kappa shape index (κ1) is 25.4. The van der Waals surface area contributed by atoms with Gasteiger partial charge in [-0.05, 0) is 44.5 Å². The lowest BCUT2D eigenvalue weighted by atomic mass is 10.1. The van der Waals surface area contributed by atoms with E-state index in [4.69, 9.17) is 4.74 Å². The number of pyridine rings is 1. The van der Waals surface area contributed by atoms with Crippen LogP contribution < -0.4 is 20.3 Å². The molecule has 1 aliphatic heterocycles. The number of nitrogens with one attached hydrogen (secondary N) is 2. The smallest absolute Gasteiger partial charge is 0.422 e. The van der Waals surface area contributed by atoms with Crippen LogP contribution >= 0.6 is 0 Å². The minimum Gasteiger partial charge on any atom is -0.482 e. The molecular formula is C26H27F3N4O3. The lowest BCUT2D eigenvalue weighted by Gasteiger charge is -2.28. The summed E-state index contributed by atoms with van der Waals surface area (Å²) in [6.07, 6.45) is -2.34. The first-order valence-corrected chi connectivity index (χ1v) is 11.6. The van der Waals surface area contributed by atoms with Crippen LogP contribution in [-0.4, -0.2) is 48.7 Å². The first-order valence-electron chi connectivity index (χ1n) is 11.6. The number of hydrogen-bond acceptors (Lipinski definition) is 5. The number of hydrogen-bond donors (Lipinski definition) is 2. The fraction of sp³-hybridized carbons (Fsp3) is 0.346. The van der Waals surface area contributed by atoms with Gasteiger partial charge in [0.2, 0.25) is 11.8 Å². The number of nitrogens with zero attached hydrogens (tertiary/aromatic N) is 2. The molecule has 2 heterocycles. The van der Waals surface area contributed by atoms with E-state index < -0.39 is 24.9 Å². The molecule has 2 amide bonds. The molecule has 0 spiro atoms. The van der Waals surface area contributed by atoms with Gasteiger partial charge in [0.15, 0.2) is 6.61 Å². The molecule has 2 unspecified atom stereocenters. The van der Waals surface area contributed by atoms with Gasteiger partial charge in [-0.2, -0.15) is 13.2 Å². The Hall–Kier alpha value is -3.66. The lowest BCUT2D eigenvalue weighted by Crippen LogP contribution is -2.52. The Balaban J connectivity index is 1.76. The number of carbonyl (C=O) groups is 2. The van der Waals surface area contributed by atoms with Gasteiger partial charge in [-0.3, -0.25) is 14.6 Å². The monoisotopic (exact) mass is 500 g/mol. The molecule has 0 fully saturated rings. The van der Waals surface area contributed by atoms with Crippen molar-refractivity contribution in [3.05, 3.63) is 65.9 Å². The van der Waals surface area contributed by atoms with Gasteiger partial charge in [0.25, 0.3) is 0 Å². The average Bonchev–Trinajstić information content (AvgIpc) is 2.99. The SMILES string of the molecule is CNC(C)C(=O)NC1CCc2ccccc2N(Cc2c(OCC(F)(F)F)cnc3ccccc23)C1=O. The van der Waals surface area contributed by atoms with Crippen LogP contribution in [0.2, 0.25) is 0 Å². The Labute approximate surface area is 206 Å². The van der Waals surface area contributed by atoms with Gasteiger partial charge in [0.05, 0.1) is 24.3 Å². The number of likely N-dealkylation sites (N-methyl/N-ethyl adjacent to an activating group) is 1. The van der Waals surface area contributed by atoms with Crippen molar-refractivity contribution in [2.45, 2.75) is 44.6 Å². The van der Waals surface area contributed by atoms with E-state index in [9.17, 15) is 22.8 Å². The predicted octanol–water partition coefficient (Wildman–Crippen LogP) is 3.75. The fourth-order valence-corrected chi connectivity index (χ4v) is 4.23. The molecule has 2 atom stereocenters. The van der Waals surface area contributed by atoms with E-state index in [0.717, 1.165) is 5.56 Å². The van der Waals surface area contributed by atoms with Crippen LogP contribution in [0, 0.1) is 0 Å². The van der Waals surface area contributed by atoms with Crippen molar-refractivity contribution >= 4 is 28.4 Å². The molecular weight excluding hydrogens is 473 g/mol. The fourth-order valence-electron chi connectivity index (χ4n) is 4.23. The van der Waals surface area contributed by atoms with Crippen molar-refractivity contribution in [2.75, 3.05) is 18.6 Å². The normalized spacial score (nSPS) is 16.9. The van der Waals surface area contributed by atoms with Crippen LogP contribution in [0.3, 0.4) is 0 Å². The van der Waals surface area contributed by atoms with Crippen molar-refractivity contribution in [3.8, 4) is 5.75 Å². The van der Waals surface area contributed by atoms with E-state index in [0.29, 0.717) is 35.0 Å². The summed E-state index contributed by atoms with van der Waals surface area (Å²) in [5.41, 5.74) is 2.52. The summed E-state index contributed by atoms with van der Waals surface area (Å²) in [6, 6.07) is 13.1. The summed E-state index contributed by atoms with van der Waals surface area (Å²) in [6.45, 7) is 0.154. The average molecular weight is 501 g/mol. The zero-order valence-corrected chi connectivity index (χ0v) is 19.9. The molecule has 2 aromatic carbocycles. The van der Waals surface area contributed by atoms with Crippen molar-refractivity contribution in [1.82, 2.24) is 15.6 Å². The number of alkyl halides is 3. The molecule has 4 rings (SSSR count). The largest absolute Gasteiger partial charge is 0.482 e. The first-order chi connectivity index (χ1) is 17.2. The van der Waals surface area contributed by atoms with Crippen molar-refractivity contribution in [2.24, 2.45) is 0 Å². The van der Waals surface area contributed by atoms with E-state index in [-0.39, 0.29) is 24.1 Å². The number of rotatable bonds is 7. The topological polar surface area (TPSA) is 83.6 Å². The molecule has 0 bridgehead atoms. The van der Waals surface area contributed by atoms with E-state index in [1.165, 1.54) is 11.1 Å². The maximum absolute atomic E-state index is 13.8. The minimum absolute atomic E-state index is 0.0510. The maximum Gasteiger partial charge on any atom is 0.422 e. The molecule has 0 saturated carbocycles. The quantitative estimate of drug-likeness (QED) is 0.517. The van der Waals surface area contributed by atoms with Crippen LogP contribution in [-0.2, 0) is 22.6 Å². The lowest BCUT2D eigenvalue weighted by molar-refractivity contribution is -0.153. The third-order valence-electron chi connectivity index (χ3n) is 6.25. The van der Waals surface area contributed by atoms with Gasteiger partial charge in [0, 0.05) is 16.6 Å². The Bertz CT molecular complexity index is 1260. The van der Waals surface area contributed by atoms with E-state index in [1.807, 2.05) is 12.1 Å². The number of para-hydroxylation sites is 2. The molecule has 1 aliphatic rings. The number of halogens is 3. The number of benzene rings is 2. The van der Waals surface area contributed by atoms with E-state index in [1.54, 1.807) is 50.4 Å². The van der Waals surface area contributed by atoms with Gasteiger partial charge in [-0.25, -0.2) is 0 Å². The molecule has 7 nitrogen and oxygen atoms in total. The highest BCUT2D eigenvalue weighted by Gasteiger charge is 2.34. The number of ether oxygens (including phenoxy) is 1. The highest BCUT2D eigenvalue weighted by atomic mass is 19.4. The third kappa shape index (κ3) is 5.59. The maximum atomic E-state index is 13.8. The number of aromatic nitrogens is 1. The number of amides is 2. The van der Waals surface area contributed by atoms with E-state index in [2.05, 4.69) is 15.6 Å². The van der Waals surface area contributed by atoms with Crippen LogP contribution in [0.1, 0.15) is 24.5 Å². The van der Waals surface area contributed by atoms with Crippen LogP contribution in [0.5, 0.6) is 5.75 Å². The van der Waals surface area contributed by atoms with Gasteiger partial charge < -0.3 is 20.3 Å². The number of fused-ring (bicyclic) bond motifs is 2. The summed E-state index contributed by atoms with van der Waals surface area (Å²) in [5, 5.41) is 6.26. The number of anilines is 1. The second-order valence-electron chi connectivity index (χ2n) is 8.69. The van der Waals surface area contributed by atoms with Crippen molar-refractivity contribution in [1.29, 1.82) is 0 Å². The van der Waals surface area contributed by atoms with Gasteiger partial charge in [-0.15, -0.1) is 0 Å². The third-order valence-corrected chi connectivity index (χ3v) is 6.25. The predicted molar refractivity (Wildman–Crippen MR) is 130 cm³/mol. The molecule has 0 aliphatic carbocycles. The Morgan fingerprint density at radius 2 is 1.92 bits per heavy atom. The summed E-state index contributed by atoms with van der Waals surface area (Å²) in [7, 11) is 1.65. The Morgan fingerprint density at radius 1 is 1.19 bits per heavy atom. The molecule has 2 N–H and O–H groups in total. The Kier molecular flexibility index (Phi) is 7.44. The number of aryl methyl sites for hydroxylation is 1. The van der Waals surface area contributed by atoms with Gasteiger partial charge >= 0.3 is 6.18 Å². The molecule has 36 heavy (non-hydrogen) atoms. The molecule has 0 saturated heterocycles. The van der Waals surface area contributed by atoms with Crippen molar-refractivity contribution in [3.63, 3.8) is 0 Å². The molecule has 10 heteroatoms. The minimum atomic E-state index is -4.53. The molecule has 190 valence electrons. The summed E-state index contributed by atoms with van der Waals surface area (Å²) < 4.78 is 44.1. The van der Waals surface area contributed by atoms with Gasteiger partial charge in [0.1, 0.15) is 11.8 Å².